The number of rotatable bonds is 4. The topological polar surface area (TPSA) is 78.8 Å². The fraction of sp³-hybridized carbons (Fsp3) is 0.500. The first-order valence-corrected chi connectivity index (χ1v) is 6.76. The van der Waals surface area contributed by atoms with Gasteiger partial charge in [0.05, 0.1) is 6.42 Å². The SMILES string of the molecule is NC(=NOC(=O)CC1CCCCC1)c1cccc[nH+]1. The maximum Gasteiger partial charge on any atom is 0.335 e. The van der Waals surface area contributed by atoms with Crippen molar-refractivity contribution in [1.29, 1.82) is 0 Å². The Bertz CT molecular complexity index is 439. The smallest absolute Gasteiger partial charge is 0.335 e. The lowest BCUT2D eigenvalue weighted by atomic mass is 9.87. The highest BCUT2D eigenvalue weighted by molar-refractivity contribution is 5.94. The Morgan fingerprint density at radius 1 is 1.37 bits per heavy atom. The normalized spacial score (nSPS) is 17.2. The summed E-state index contributed by atoms with van der Waals surface area (Å²) in [5.74, 6) is 0.323. The van der Waals surface area contributed by atoms with Gasteiger partial charge in [0, 0.05) is 12.1 Å². The van der Waals surface area contributed by atoms with Gasteiger partial charge in [-0.3, -0.25) is 0 Å². The minimum Gasteiger partial charge on any atom is -0.375 e. The maximum atomic E-state index is 11.7. The molecule has 19 heavy (non-hydrogen) atoms. The van der Waals surface area contributed by atoms with Crippen LogP contribution in [-0.4, -0.2) is 11.8 Å². The number of carbonyl (C=O) groups is 1. The van der Waals surface area contributed by atoms with Crippen LogP contribution in [0.3, 0.4) is 0 Å². The molecule has 1 aromatic rings. The van der Waals surface area contributed by atoms with Crippen molar-refractivity contribution < 1.29 is 14.6 Å². The van der Waals surface area contributed by atoms with Crippen molar-refractivity contribution in [1.82, 2.24) is 0 Å². The Hall–Kier alpha value is -1.91. The van der Waals surface area contributed by atoms with Crippen LogP contribution in [0.1, 0.15) is 44.2 Å². The molecular weight excluding hydrogens is 242 g/mol. The second-order valence-corrected chi connectivity index (χ2v) is 4.92. The Balaban J connectivity index is 1.82. The van der Waals surface area contributed by atoms with Crippen LogP contribution in [0.25, 0.3) is 0 Å². The van der Waals surface area contributed by atoms with Crippen LogP contribution in [0.2, 0.25) is 0 Å². The van der Waals surface area contributed by atoms with Crippen molar-refractivity contribution in [3.05, 3.63) is 30.1 Å². The number of nitrogens with zero attached hydrogens (tertiary/aromatic N) is 1. The summed E-state index contributed by atoms with van der Waals surface area (Å²) in [6, 6.07) is 5.44. The number of H-pyrrole nitrogens is 1. The number of oxime groups is 1. The molecule has 0 atom stereocenters. The van der Waals surface area contributed by atoms with Crippen LogP contribution >= 0.6 is 0 Å². The zero-order valence-corrected chi connectivity index (χ0v) is 11.0. The van der Waals surface area contributed by atoms with Gasteiger partial charge in [0.15, 0.2) is 6.20 Å². The number of carbonyl (C=O) groups excluding carboxylic acids is 1. The van der Waals surface area contributed by atoms with Gasteiger partial charge in [-0.15, -0.1) is 0 Å². The molecule has 0 aliphatic heterocycles. The number of aromatic nitrogens is 1. The van der Waals surface area contributed by atoms with Gasteiger partial charge < -0.3 is 10.6 Å². The first-order chi connectivity index (χ1) is 9.25. The second kappa shape index (κ2) is 6.87. The van der Waals surface area contributed by atoms with Crippen LogP contribution in [0, 0.1) is 5.92 Å². The highest BCUT2D eigenvalue weighted by Gasteiger charge is 2.18. The minimum absolute atomic E-state index is 0.178. The molecule has 3 N–H and O–H groups in total. The molecule has 1 fully saturated rings. The van der Waals surface area contributed by atoms with Gasteiger partial charge >= 0.3 is 5.97 Å². The predicted molar refractivity (Wildman–Crippen MR) is 71.0 cm³/mol. The van der Waals surface area contributed by atoms with Crippen LogP contribution in [0.15, 0.2) is 29.6 Å². The number of amidine groups is 1. The van der Waals surface area contributed by atoms with Crippen LogP contribution in [0.4, 0.5) is 0 Å². The van der Waals surface area contributed by atoms with Crippen LogP contribution in [-0.2, 0) is 9.63 Å². The van der Waals surface area contributed by atoms with Crippen molar-refractivity contribution in [2.75, 3.05) is 0 Å². The first kappa shape index (κ1) is 13.5. The average molecular weight is 262 g/mol. The minimum atomic E-state index is -0.300. The molecule has 0 unspecified atom stereocenters. The Morgan fingerprint density at radius 2 is 2.16 bits per heavy atom. The Labute approximate surface area is 112 Å². The standard InChI is InChI=1S/C14H19N3O2/c15-14(12-8-4-5-9-16-12)17-19-13(18)10-11-6-2-1-3-7-11/h4-5,8-9,11H,1-3,6-7,10H2,(H2,15,17)/p+1. The molecule has 0 radical (unpaired) electrons. The van der Waals surface area contributed by atoms with Crippen molar-refractivity contribution >= 4 is 11.8 Å². The summed E-state index contributed by atoms with van der Waals surface area (Å²) in [4.78, 5) is 19.4. The van der Waals surface area contributed by atoms with E-state index in [1.807, 2.05) is 12.1 Å². The third-order valence-electron chi connectivity index (χ3n) is 3.41. The van der Waals surface area contributed by atoms with Gasteiger partial charge in [-0.2, -0.15) is 0 Å². The first-order valence-electron chi connectivity index (χ1n) is 6.76. The zero-order valence-electron chi connectivity index (χ0n) is 11.0. The monoisotopic (exact) mass is 262 g/mol. The van der Waals surface area contributed by atoms with Gasteiger partial charge in [0.1, 0.15) is 0 Å². The van der Waals surface area contributed by atoms with Gasteiger partial charge in [-0.1, -0.05) is 24.4 Å². The Morgan fingerprint density at radius 3 is 2.84 bits per heavy atom. The van der Waals surface area contributed by atoms with E-state index >= 15 is 0 Å². The number of nitrogens with one attached hydrogen (secondary N) is 1. The summed E-state index contributed by atoms with van der Waals surface area (Å²) in [7, 11) is 0. The fourth-order valence-corrected chi connectivity index (χ4v) is 2.37. The van der Waals surface area contributed by atoms with E-state index in [9.17, 15) is 4.79 Å². The lowest BCUT2D eigenvalue weighted by Crippen LogP contribution is -2.24. The maximum absolute atomic E-state index is 11.7. The molecule has 5 heteroatoms. The zero-order chi connectivity index (χ0) is 13.5. The lowest BCUT2D eigenvalue weighted by Gasteiger charge is -2.19. The summed E-state index contributed by atoms with van der Waals surface area (Å²) >= 11 is 0. The number of pyridine rings is 1. The largest absolute Gasteiger partial charge is 0.375 e. The van der Waals surface area contributed by atoms with Gasteiger partial charge in [0.25, 0.3) is 0 Å². The molecule has 1 aliphatic rings. The van der Waals surface area contributed by atoms with E-state index in [2.05, 4.69) is 10.1 Å². The third-order valence-corrected chi connectivity index (χ3v) is 3.41. The van der Waals surface area contributed by atoms with Gasteiger partial charge in [-0.25, -0.2) is 9.78 Å². The van der Waals surface area contributed by atoms with Gasteiger partial charge in [0.2, 0.25) is 11.5 Å². The summed E-state index contributed by atoms with van der Waals surface area (Å²) in [6.45, 7) is 0. The highest BCUT2D eigenvalue weighted by Crippen LogP contribution is 2.26. The van der Waals surface area contributed by atoms with E-state index in [1.54, 1.807) is 12.3 Å². The molecule has 5 nitrogen and oxygen atoms in total. The summed E-state index contributed by atoms with van der Waals surface area (Å²) < 4.78 is 0. The molecule has 1 saturated carbocycles. The molecule has 0 amide bonds. The van der Waals surface area contributed by atoms with E-state index in [-0.39, 0.29) is 11.8 Å². The predicted octanol–water partition coefficient (Wildman–Crippen LogP) is 1.63. The summed E-state index contributed by atoms with van der Waals surface area (Å²) in [5, 5.41) is 3.67. The average Bonchev–Trinajstić information content (AvgIpc) is 2.47. The molecule has 102 valence electrons. The van der Waals surface area contributed by atoms with E-state index in [0.717, 1.165) is 12.8 Å². The second-order valence-electron chi connectivity index (χ2n) is 4.92. The number of nitrogens with two attached hydrogens (primary N) is 1. The Kier molecular flexibility index (Phi) is 4.89. The quantitative estimate of drug-likeness (QED) is 0.388. The molecule has 1 aromatic heterocycles. The van der Waals surface area contributed by atoms with E-state index in [1.165, 1.54) is 19.3 Å². The summed E-state index contributed by atoms with van der Waals surface area (Å²) in [6.07, 6.45) is 8.10. The third kappa shape index (κ3) is 4.35. The summed E-state index contributed by atoms with van der Waals surface area (Å²) in [5.41, 5.74) is 6.35. The van der Waals surface area contributed by atoms with Crippen molar-refractivity contribution in [2.24, 2.45) is 16.8 Å². The van der Waals surface area contributed by atoms with Crippen LogP contribution in [0.5, 0.6) is 0 Å². The molecule has 2 rings (SSSR count). The number of hydrogen-bond acceptors (Lipinski definition) is 3. The number of aromatic amines is 1. The molecule has 1 aliphatic carbocycles. The van der Waals surface area contributed by atoms with Gasteiger partial charge in [-0.05, 0) is 24.8 Å². The van der Waals surface area contributed by atoms with E-state index in [4.69, 9.17) is 10.6 Å². The molecular formula is C14H20N3O2+. The molecule has 0 aromatic carbocycles. The molecule has 1 heterocycles. The van der Waals surface area contributed by atoms with Crippen molar-refractivity contribution in [3.63, 3.8) is 0 Å². The molecule has 0 saturated heterocycles. The fourth-order valence-electron chi connectivity index (χ4n) is 2.37. The van der Waals surface area contributed by atoms with E-state index < -0.39 is 0 Å². The highest BCUT2D eigenvalue weighted by atomic mass is 16.7. The molecule has 0 spiro atoms. The number of hydrogen-bond donors (Lipinski definition) is 1. The molecule has 0 bridgehead atoms. The van der Waals surface area contributed by atoms with Crippen molar-refractivity contribution in [3.8, 4) is 0 Å². The lowest BCUT2D eigenvalue weighted by molar-refractivity contribution is -0.380. The van der Waals surface area contributed by atoms with E-state index in [0.29, 0.717) is 18.0 Å². The van der Waals surface area contributed by atoms with Crippen LogP contribution < -0.4 is 10.7 Å². The van der Waals surface area contributed by atoms with Crippen molar-refractivity contribution in [2.45, 2.75) is 38.5 Å².